The number of halogens is 1. The molecule has 2 heterocycles. The molecule has 2 aromatic rings. The predicted molar refractivity (Wildman–Crippen MR) is 177 cm³/mol. The first-order chi connectivity index (χ1) is 21.7. The predicted octanol–water partition coefficient (Wildman–Crippen LogP) is 5.19. The second-order valence-corrected chi connectivity index (χ2v) is 14.3. The van der Waals surface area contributed by atoms with Gasteiger partial charge in [0.1, 0.15) is 6.04 Å². The van der Waals surface area contributed by atoms with Crippen LogP contribution in [-0.2, 0) is 22.4 Å². The lowest BCUT2D eigenvalue weighted by atomic mass is 9.63. The molecule has 2 aliphatic carbocycles. The molecule has 1 saturated carbocycles. The number of aryl methyl sites for hydroxylation is 1. The summed E-state index contributed by atoms with van der Waals surface area (Å²) in [5, 5.41) is 3.79. The van der Waals surface area contributed by atoms with Gasteiger partial charge in [0.2, 0.25) is 11.8 Å². The maximum absolute atomic E-state index is 14.3. The van der Waals surface area contributed by atoms with E-state index in [0.29, 0.717) is 36.9 Å². The number of hydrogen-bond acceptors (Lipinski definition) is 4. The third-order valence-electron chi connectivity index (χ3n) is 11.2. The average Bonchev–Trinajstić information content (AvgIpc) is 3.38. The lowest BCUT2D eigenvalue weighted by Gasteiger charge is -2.50. The lowest BCUT2D eigenvalue weighted by molar-refractivity contribution is -0.140. The van der Waals surface area contributed by atoms with Crippen molar-refractivity contribution in [2.75, 3.05) is 39.8 Å². The highest BCUT2D eigenvalue weighted by Gasteiger charge is 2.46. The Balaban J connectivity index is 1.18. The number of carbonyl (C=O) groups is 3. The molecule has 6 rings (SSSR count). The Morgan fingerprint density at radius 1 is 0.978 bits per heavy atom. The molecular formula is C36H48ClN5O3. The van der Waals surface area contributed by atoms with Crippen LogP contribution in [0.3, 0.4) is 0 Å². The summed E-state index contributed by atoms with van der Waals surface area (Å²) in [5.41, 5.74) is 9.82. The number of urea groups is 1. The molecule has 4 amide bonds. The molecule has 0 spiro atoms. The van der Waals surface area contributed by atoms with E-state index >= 15 is 0 Å². The van der Waals surface area contributed by atoms with Gasteiger partial charge >= 0.3 is 6.03 Å². The molecule has 4 aliphatic rings. The minimum absolute atomic E-state index is 0.0230. The van der Waals surface area contributed by atoms with Crippen LogP contribution in [-0.4, -0.2) is 78.4 Å². The Kier molecular flexibility index (Phi) is 9.71. The smallest absolute Gasteiger partial charge is 0.319 e. The molecule has 9 heteroatoms. The molecule has 0 aromatic heterocycles. The maximum Gasteiger partial charge on any atom is 0.319 e. The zero-order chi connectivity index (χ0) is 31.6. The van der Waals surface area contributed by atoms with Crippen LogP contribution < -0.4 is 11.1 Å². The van der Waals surface area contributed by atoms with Crippen LogP contribution in [0.25, 0.3) is 0 Å². The first-order valence-electron chi connectivity index (χ1n) is 16.9. The molecule has 2 saturated heterocycles. The molecule has 45 heavy (non-hydrogen) atoms. The van der Waals surface area contributed by atoms with E-state index < -0.39 is 18.0 Å². The van der Waals surface area contributed by atoms with Gasteiger partial charge in [0.15, 0.2) is 0 Å². The second-order valence-electron chi connectivity index (χ2n) is 13.9. The molecule has 3 atom stereocenters. The van der Waals surface area contributed by atoms with E-state index in [1.165, 1.54) is 37.7 Å². The van der Waals surface area contributed by atoms with Crippen molar-refractivity contribution in [2.24, 2.45) is 23.0 Å². The summed E-state index contributed by atoms with van der Waals surface area (Å²) in [7, 11) is 1.88. The average molecular weight is 634 g/mol. The Bertz CT molecular complexity index is 1370. The zero-order valence-electron chi connectivity index (χ0n) is 26.6. The number of hydrogen-bond donors (Lipinski definition) is 2. The topological polar surface area (TPSA) is 99.0 Å². The second kappa shape index (κ2) is 13.7. The Labute approximate surface area is 272 Å². The molecule has 3 fully saturated rings. The number of nitrogens with two attached hydrogens (primary N) is 1. The minimum Gasteiger partial charge on any atom is -0.344 e. The van der Waals surface area contributed by atoms with Gasteiger partial charge in [-0.25, -0.2) is 4.79 Å². The SMILES string of the molecule is CN1CCN(CC2(C3CCCCC3)CCN(C(=O)[C@@H](Cc3ccc(Cl)cc3)NC(=O)[C@H]3CCc4ccccc4[C@H]3N)CC2)C1=O. The number of fused-ring (bicyclic) bond motifs is 1. The summed E-state index contributed by atoms with van der Waals surface area (Å²) >= 11 is 6.16. The molecular weight excluding hydrogens is 586 g/mol. The van der Waals surface area contributed by atoms with Crippen molar-refractivity contribution in [3.05, 3.63) is 70.2 Å². The number of carbonyl (C=O) groups excluding carboxylic acids is 3. The van der Waals surface area contributed by atoms with Crippen LogP contribution in [0.5, 0.6) is 0 Å². The molecule has 3 N–H and O–H groups in total. The summed E-state index contributed by atoms with van der Waals surface area (Å²) in [5.74, 6) is -0.0221. The zero-order valence-corrected chi connectivity index (χ0v) is 27.3. The highest BCUT2D eigenvalue weighted by atomic mass is 35.5. The lowest BCUT2D eigenvalue weighted by Crippen LogP contribution is -2.57. The number of nitrogens with zero attached hydrogens (tertiary/aromatic N) is 3. The van der Waals surface area contributed by atoms with Gasteiger partial charge in [0.05, 0.1) is 5.92 Å². The van der Waals surface area contributed by atoms with Gasteiger partial charge in [-0.1, -0.05) is 67.3 Å². The number of piperidine rings is 1. The van der Waals surface area contributed by atoms with E-state index in [0.717, 1.165) is 50.0 Å². The van der Waals surface area contributed by atoms with Crippen molar-refractivity contribution in [1.29, 1.82) is 0 Å². The van der Waals surface area contributed by atoms with Crippen LogP contribution in [0, 0.1) is 17.3 Å². The molecule has 0 unspecified atom stereocenters. The fourth-order valence-electron chi connectivity index (χ4n) is 8.46. The van der Waals surface area contributed by atoms with Crippen molar-refractivity contribution >= 4 is 29.4 Å². The highest BCUT2D eigenvalue weighted by molar-refractivity contribution is 6.30. The Morgan fingerprint density at radius 2 is 1.69 bits per heavy atom. The number of likely N-dealkylation sites (N-methyl/N-ethyl adjacent to an activating group) is 1. The van der Waals surface area contributed by atoms with Gasteiger partial charge in [-0.3, -0.25) is 9.59 Å². The largest absolute Gasteiger partial charge is 0.344 e. The van der Waals surface area contributed by atoms with Crippen LogP contribution in [0.4, 0.5) is 4.79 Å². The van der Waals surface area contributed by atoms with E-state index in [9.17, 15) is 14.4 Å². The number of benzene rings is 2. The molecule has 2 aliphatic heterocycles. The highest BCUT2D eigenvalue weighted by Crippen LogP contribution is 2.47. The molecule has 242 valence electrons. The summed E-state index contributed by atoms with van der Waals surface area (Å²) < 4.78 is 0. The minimum atomic E-state index is -0.695. The molecule has 2 aromatic carbocycles. The van der Waals surface area contributed by atoms with Crippen LogP contribution >= 0.6 is 11.6 Å². The van der Waals surface area contributed by atoms with E-state index in [-0.39, 0.29) is 23.3 Å². The van der Waals surface area contributed by atoms with Crippen molar-refractivity contribution in [3.8, 4) is 0 Å². The van der Waals surface area contributed by atoms with Crippen LogP contribution in [0.15, 0.2) is 48.5 Å². The first-order valence-corrected chi connectivity index (χ1v) is 17.3. The summed E-state index contributed by atoms with van der Waals surface area (Å²) in [6, 6.07) is 14.6. The van der Waals surface area contributed by atoms with E-state index in [4.69, 9.17) is 17.3 Å². The van der Waals surface area contributed by atoms with E-state index in [1.807, 2.05) is 64.2 Å². The fourth-order valence-corrected chi connectivity index (χ4v) is 8.58. The number of rotatable bonds is 8. The van der Waals surface area contributed by atoms with Crippen molar-refractivity contribution in [2.45, 2.75) is 76.3 Å². The Hall–Kier alpha value is -3.10. The van der Waals surface area contributed by atoms with Gasteiger partial charge in [-0.05, 0) is 78.7 Å². The van der Waals surface area contributed by atoms with E-state index in [1.54, 1.807) is 0 Å². The first kappa shape index (κ1) is 31.9. The van der Waals surface area contributed by atoms with Crippen LogP contribution in [0.2, 0.25) is 5.02 Å². The fraction of sp³-hybridized carbons (Fsp3) is 0.583. The third-order valence-corrected chi connectivity index (χ3v) is 11.5. The maximum atomic E-state index is 14.3. The summed E-state index contributed by atoms with van der Waals surface area (Å²) in [6.07, 6.45) is 9.76. The van der Waals surface area contributed by atoms with E-state index in [2.05, 4.69) is 11.4 Å². The van der Waals surface area contributed by atoms with Gasteiger partial charge in [-0.15, -0.1) is 0 Å². The van der Waals surface area contributed by atoms with Crippen molar-refractivity contribution < 1.29 is 14.4 Å². The monoisotopic (exact) mass is 633 g/mol. The van der Waals surface area contributed by atoms with Gasteiger partial charge in [-0.2, -0.15) is 0 Å². The third kappa shape index (κ3) is 6.87. The normalized spacial score (nSPS) is 24.3. The molecule has 0 bridgehead atoms. The number of amides is 4. The van der Waals surface area contributed by atoms with Crippen molar-refractivity contribution in [3.63, 3.8) is 0 Å². The van der Waals surface area contributed by atoms with Crippen LogP contribution in [0.1, 0.15) is 74.1 Å². The van der Waals surface area contributed by atoms with Gasteiger partial charge in [0.25, 0.3) is 0 Å². The number of nitrogens with one attached hydrogen (secondary N) is 1. The quantitative estimate of drug-likeness (QED) is 0.418. The molecule has 8 nitrogen and oxygen atoms in total. The Morgan fingerprint density at radius 3 is 2.38 bits per heavy atom. The molecule has 0 radical (unpaired) electrons. The standard InChI is InChI=1S/C36H48ClN5O3/c1-40-21-22-42(35(40)45)24-36(27-8-3-2-4-9-27)17-19-41(20-18-36)34(44)31(23-25-11-14-28(37)15-12-25)39-33(43)30-16-13-26-7-5-6-10-29(26)32(30)38/h5-7,10-12,14-15,27,30-32H,2-4,8-9,13,16-24,38H2,1H3,(H,39,43)/t30-,31+,32+/m0/s1. The van der Waals surface area contributed by atoms with Gasteiger partial charge in [0, 0.05) is 57.3 Å². The summed E-state index contributed by atoms with van der Waals surface area (Å²) in [6.45, 7) is 3.59. The number of likely N-dealkylation sites (tertiary alicyclic amines) is 1. The van der Waals surface area contributed by atoms with Crippen molar-refractivity contribution in [1.82, 2.24) is 20.0 Å². The van der Waals surface area contributed by atoms with Gasteiger partial charge < -0.3 is 25.8 Å². The summed E-state index contributed by atoms with van der Waals surface area (Å²) in [4.78, 5) is 46.8.